The lowest BCUT2D eigenvalue weighted by molar-refractivity contribution is -0.116. The van der Waals surface area contributed by atoms with Gasteiger partial charge >= 0.3 is 0 Å². The van der Waals surface area contributed by atoms with Crippen LogP contribution in [0, 0.1) is 0 Å². The summed E-state index contributed by atoms with van der Waals surface area (Å²) in [5.41, 5.74) is 7.36. The maximum absolute atomic E-state index is 12.2. The number of hydrogen-bond donors (Lipinski definition) is 2. The third-order valence-corrected chi connectivity index (χ3v) is 3.90. The molecule has 1 aromatic heterocycles. The van der Waals surface area contributed by atoms with Gasteiger partial charge in [-0.1, -0.05) is 23.2 Å². The molecule has 0 saturated carbocycles. The summed E-state index contributed by atoms with van der Waals surface area (Å²) in [6.45, 7) is 0.0371. The van der Waals surface area contributed by atoms with Crippen LogP contribution in [0.3, 0.4) is 0 Å². The van der Waals surface area contributed by atoms with Gasteiger partial charge in [-0.25, -0.2) is 4.98 Å². The molecular formula is C16H12Cl2N4O2. The van der Waals surface area contributed by atoms with E-state index in [1.54, 1.807) is 41.0 Å². The number of carbonyl (C=O) groups excluding carboxylic acids is 2. The first-order chi connectivity index (χ1) is 11.4. The Morgan fingerprint density at radius 3 is 2.54 bits per heavy atom. The smallest absolute Gasteiger partial charge is 0.248 e. The number of nitrogens with two attached hydrogens (primary N) is 1. The Morgan fingerprint density at radius 1 is 1.17 bits per heavy atom. The van der Waals surface area contributed by atoms with Gasteiger partial charge in [0.15, 0.2) is 0 Å². The molecule has 0 aliphatic heterocycles. The van der Waals surface area contributed by atoms with Gasteiger partial charge in [0.1, 0.15) is 6.54 Å². The number of imidazole rings is 1. The molecule has 6 nitrogen and oxygen atoms in total. The second-order valence-corrected chi connectivity index (χ2v) is 5.96. The van der Waals surface area contributed by atoms with Crippen LogP contribution in [-0.2, 0) is 11.3 Å². The second-order valence-electron chi connectivity index (χ2n) is 5.12. The van der Waals surface area contributed by atoms with E-state index in [0.29, 0.717) is 32.3 Å². The Balaban J connectivity index is 1.76. The molecule has 1 heterocycles. The van der Waals surface area contributed by atoms with Gasteiger partial charge in [0.05, 0.1) is 22.4 Å². The summed E-state index contributed by atoms with van der Waals surface area (Å²) >= 11 is 12.1. The monoisotopic (exact) mass is 362 g/mol. The Morgan fingerprint density at radius 2 is 1.88 bits per heavy atom. The second kappa shape index (κ2) is 6.51. The molecule has 0 saturated heterocycles. The summed E-state index contributed by atoms with van der Waals surface area (Å²) in [5.74, 6) is -0.779. The average Bonchev–Trinajstić information content (AvgIpc) is 2.90. The number of primary amides is 1. The largest absolute Gasteiger partial charge is 0.366 e. The standard InChI is InChI=1S/C16H12Cl2N4O2/c17-10-5-12(18)15-13(6-10)20-8-22(15)7-14(23)21-11-3-1-9(2-4-11)16(19)24/h1-6,8H,7H2,(H2,19,24)(H,21,23). The Labute approximate surface area is 147 Å². The van der Waals surface area contributed by atoms with Crippen LogP contribution in [0.2, 0.25) is 10.0 Å². The number of nitrogens with zero attached hydrogens (tertiary/aromatic N) is 2. The van der Waals surface area contributed by atoms with Crippen molar-refractivity contribution in [1.82, 2.24) is 9.55 Å². The first-order valence-electron chi connectivity index (χ1n) is 6.93. The van der Waals surface area contributed by atoms with Crippen molar-refractivity contribution in [3.63, 3.8) is 0 Å². The molecule has 0 atom stereocenters. The van der Waals surface area contributed by atoms with Crippen LogP contribution in [0.4, 0.5) is 5.69 Å². The number of amides is 2. The number of aromatic nitrogens is 2. The molecule has 3 aromatic rings. The molecule has 2 aromatic carbocycles. The van der Waals surface area contributed by atoms with Crippen molar-refractivity contribution < 1.29 is 9.59 Å². The first-order valence-corrected chi connectivity index (χ1v) is 7.69. The lowest BCUT2D eigenvalue weighted by atomic mass is 10.2. The molecule has 0 bridgehead atoms. The van der Waals surface area contributed by atoms with E-state index >= 15 is 0 Å². The molecule has 0 spiro atoms. The van der Waals surface area contributed by atoms with Crippen LogP contribution in [0.15, 0.2) is 42.7 Å². The molecule has 0 unspecified atom stereocenters. The van der Waals surface area contributed by atoms with E-state index in [0.717, 1.165) is 0 Å². The fraction of sp³-hybridized carbons (Fsp3) is 0.0625. The van der Waals surface area contributed by atoms with Gasteiger partial charge in [0.25, 0.3) is 0 Å². The topological polar surface area (TPSA) is 90.0 Å². The number of rotatable bonds is 4. The number of nitrogens with one attached hydrogen (secondary N) is 1. The SMILES string of the molecule is NC(=O)c1ccc(NC(=O)Cn2cnc3cc(Cl)cc(Cl)c32)cc1. The van der Waals surface area contributed by atoms with Crippen LogP contribution in [0.5, 0.6) is 0 Å². The van der Waals surface area contributed by atoms with Crippen molar-refractivity contribution in [3.05, 3.63) is 58.3 Å². The van der Waals surface area contributed by atoms with Crippen LogP contribution in [0.25, 0.3) is 11.0 Å². The van der Waals surface area contributed by atoms with Gasteiger partial charge in [0.2, 0.25) is 11.8 Å². The third-order valence-electron chi connectivity index (χ3n) is 3.40. The lowest BCUT2D eigenvalue weighted by Gasteiger charge is -2.08. The number of fused-ring (bicyclic) bond motifs is 1. The van der Waals surface area contributed by atoms with Crippen LogP contribution in [-0.4, -0.2) is 21.4 Å². The van der Waals surface area contributed by atoms with Crippen molar-refractivity contribution in [1.29, 1.82) is 0 Å². The minimum absolute atomic E-state index is 0.0371. The van der Waals surface area contributed by atoms with Crippen LogP contribution >= 0.6 is 23.2 Å². The molecular weight excluding hydrogens is 351 g/mol. The Kier molecular flexibility index (Phi) is 4.42. The van der Waals surface area contributed by atoms with Crippen molar-refractivity contribution in [2.75, 3.05) is 5.32 Å². The summed E-state index contributed by atoms with van der Waals surface area (Å²) < 4.78 is 1.64. The molecule has 0 radical (unpaired) electrons. The maximum Gasteiger partial charge on any atom is 0.248 e. The number of halogens is 2. The third kappa shape index (κ3) is 3.34. The fourth-order valence-electron chi connectivity index (χ4n) is 2.32. The zero-order valence-corrected chi connectivity index (χ0v) is 13.8. The van der Waals surface area contributed by atoms with Gasteiger partial charge < -0.3 is 15.6 Å². The van der Waals surface area contributed by atoms with Crippen molar-refractivity contribution in [2.45, 2.75) is 6.54 Å². The summed E-state index contributed by atoms with van der Waals surface area (Å²) in [7, 11) is 0. The number of benzene rings is 2. The molecule has 2 amide bonds. The molecule has 3 N–H and O–H groups in total. The van der Waals surface area contributed by atoms with E-state index in [1.165, 1.54) is 6.33 Å². The summed E-state index contributed by atoms with van der Waals surface area (Å²) in [4.78, 5) is 27.4. The van der Waals surface area contributed by atoms with Crippen molar-refractivity contribution in [3.8, 4) is 0 Å². The number of hydrogen-bond acceptors (Lipinski definition) is 3. The minimum Gasteiger partial charge on any atom is -0.366 e. The zero-order chi connectivity index (χ0) is 17.3. The van der Waals surface area contributed by atoms with Crippen LogP contribution < -0.4 is 11.1 Å². The molecule has 0 fully saturated rings. The highest BCUT2D eigenvalue weighted by Gasteiger charge is 2.12. The van der Waals surface area contributed by atoms with Crippen LogP contribution in [0.1, 0.15) is 10.4 Å². The molecule has 3 rings (SSSR count). The fourth-order valence-corrected chi connectivity index (χ4v) is 2.91. The van der Waals surface area contributed by atoms with E-state index in [1.807, 2.05) is 0 Å². The molecule has 8 heteroatoms. The van der Waals surface area contributed by atoms with Gasteiger partial charge in [0, 0.05) is 16.3 Å². The van der Waals surface area contributed by atoms with Gasteiger partial charge in [-0.15, -0.1) is 0 Å². The average molecular weight is 363 g/mol. The molecule has 0 aliphatic carbocycles. The summed E-state index contributed by atoms with van der Waals surface area (Å²) in [6, 6.07) is 9.59. The predicted molar refractivity (Wildman–Crippen MR) is 93.3 cm³/mol. The summed E-state index contributed by atoms with van der Waals surface area (Å²) in [6.07, 6.45) is 1.53. The highest BCUT2D eigenvalue weighted by Crippen LogP contribution is 2.27. The van der Waals surface area contributed by atoms with E-state index in [4.69, 9.17) is 28.9 Å². The van der Waals surface area contributed by atoms with Gasteiger partial charge in [-0.05, 0) is 36.4 Å². The van der Waals surface area contributed by atoms with Crippen molar-refractivity contribution >= 4 is 51.7 Å². The lowest BCUT2D eigenvalue weighted by Crippen LogP contribution is -2.18. The van der Waals surface area contributed by atoms with E-state index in [-0.39, 0.29) is 12.5 Å². The molecule has 122 valence electrons. The van der Waals surface area contributed by atoms with E-state index in [9.17, 15) is 9.59 Å². The Hall–Kier alpha value is -2.57. The highest BCUT2D eigenvalue weighted by atomic mass is 35.5. The maximum atomic E-state index is 12.2. The molecule has 0 aliphatic rings. The summed E-state index contributed by atoms with van der Waals surface area (Å²) in [5, 5.41) is 3.64. The Bertz CT molecular complexity index is 935. The van der Waals surface area contributed by atoms with Crippen molar-refractivity contribution in [2.24, 2.45) is 5.73 Å². The first kappa shape index (κ1) is 16.3. The highest BCUT2D eigenvalue weighted by molar-refractivity contribution is 6.38. The quantitative estimate of drug-likeness (QED) is 0.746. The number of anilines is 1. The minimum atomic E-state index is -0.522. The normalized spacial score (nSPS) is 10.8. The van der Waals surface area contributed by atoms with E-state index < -0.39 is 5.91 Å². The zero-order valence-electron chi connectivity index (χ0n) is 12.3. The van der Waals surface area contributed by atoms with Gasteiger partial charge in [-0.2, -0.15) is 0 Å². The molecule has 24 heavy (non-hydrogen) atoms. The number of carbonyl (C=O) groups is 2. The van der Waals surface area contributed by atoms with E-state index in [2.05, 4.69) is 10.3 Å². The van der Waals surface area contributed by atoms with Gasteiger partial charge in [-0.3, -0.25) is 9.59 Å². The predicted octanol–water partition coefficient (Wildman–Crippen LogP) is 3.08.